The van der Waals surface area contributed by atoms with Crippen LogP contribution in [0.15, 0.2) is 30.3 Å². The molecular weight excluding hydrogens is 363 g/mol. The van der Waals surface area contributed by atoms with Gasteiger partial charge in [0.25, 0.3) is 5.91 Å². The molecule has 6 nitrogen and oxygen atoms in total. The third-order valence-corrected chi connectivity index (χ3v) is 3.65. The Labute approximate surface area is 154 Å². The van der Waals surface area contributed by atoms with E-state index in [9.17, 15) is 18.0 Å². The number of likely N-dealkylation sites (N-methyl/N-ethyl adjacent to an activating group) is 1. The zero-order valence-electron chi connectivity index (χ0n) is 14.6. The third kappa shape index (κ3) is 5.43. The predicted octanol–water partition coefficient (Wildman–Crippen LogP) is 2.26. The lowest BCUT2D eigenvalue weighted by Crippen LogP contribution is -2.26. The SMILES string of the molecule is CNCCc1ccc(Nc2c(C(=O)NOCCO)ccc(F)c2F)c(F)c1. The lowest BCUT2D eigenvalue weighted by Gasteiger charge is -2.14. The summed E-state index contributed by atoms with van der Waals surface area (Å²) in [5.41, 5.74) is 1.79. The molecule has 2 aromatic rings. The number of rotatable bonds is 9. The molecule has 1 amide bonds. The molecule has 0 aliphatic rings. The second-order valence-corrected chi connectivity index (χ2v) is 5.58. The van der Waals surface area contributed by atoms with E-state index >= 15 is 0 Å². The topological polar surface area (TPSA) is 82.6 Å². The molecule has 0 aromatic heterocycles. The van der Waals surface area contributed by atoms with Crippen LogP contribution < -0.4 is 16.1 Å². The second-order valence-electron chi connectivity index (χ2n) is 5.58. The van der Waals surface area contributed by atoms with Crippen LogP contribution in [-0.4, -0.2) is 37.8 Å². The first-order chi connectivity index (χ1) is 13.0. The Balaban J connectivity index is 2.29. The number of amides is 1. The average Bonchev–Trinajstić information content (AvgIpc) is 2.65. The summed E-state index contributed by atoms with van der Waals surface area (Å²) in [5, 5.41) is 14.0. The Morgan fingerprint density at radius 2 is 1.93 bits per heavy atom. The molecule has 146 valence electrons. The number of carbonyl (C=O) groups excluding carboxylic acids is 1. The van der Waals surface area contributed by atoms with Gasteiger partial charge < -0.3 is 15.7 Å². The maximum atomic E-state index is 14.3. The van der Waals surface area contributed by atoms with E-state index in [2.05, 4.69) is 15.5 Å². The number of hydrogen-bond acceptors (Lipinski definition) is 5. The number of benzene rings is 2. The van der Waals surface area contributed by atoms with Crippen molar-refractivity contribution in [3.8, 4) is 0 Å². The number of aliphatic hydroxyl groups excluding tert-OH is 1. The molecule has 2 aromatic carbocycles. The molecule has 0 aliphatic heterocycles. The Kier molecular flexibility index (Phi) is 7.59. The smallest absolute Gasteiger partial charge is 0.277 e. The van der Waals surface area contributed by atoms with Crippen molar-refractivity contribution in [2.45, 2.75) is 6.42 Å². The fourth-order valence-electron chi connectivity index (χ4n) is 2.30. The van der Waals surface area contributed by atoms with Gasteiger partial charge in [-0.25, -0.2) is 18.7 Å². The molecule has 0 saturated heterocycles. The van der Waals surface area contributed by atoms with E-state index in [1.807, 2.05) is 5.48 Å². The van der Waals surface area contributed by atoms with Crippen LogP contribution in [0.25, 0.3) is 0 Å². The summed E-state index contributed by atoms with van der Waals surface area (Å²) >= 11 is 0. The van der Waals surface area contributed by atoms with Crippen molar-refractivity contribution in [1.29, 1.82) is 0 Å². The summed E-state index contributed by atoms with van der Waals surface area (Å²) in [6.45, 7) is 0.137. The van der Waals surface area contributed by atoms with Gasteiger partial charge in [-0.2, -0.15) is 0 Å². The Morgan fingerprint density at radius 3 is 2.59 bits per heavy atom. The van der Waals surface area contributed by atoms with E-state index in [-0.39, 0.29) is 24.5 Å². The molecule has 9 heteroatoms. The van der Waals surface area contributed by atoms with E-state index in [0.717, 1.165) is 17.7 Å². The minimum atomic E-state index is -1.33. The third-order valence-electron chi connectivity index (χ3n) is 3.65. The fourth-order valence-corrected chi connectivity index (χ4v) is 2.30. The van der Waals surface area contributed by atoms with Gasteiger partial charge in [0.15, 0.2) is 11.6 Å². The molecule has 0 bridgehead atoms. The summed E-state index contributed by atoms with van der Waals surface area (Å²) in [6.07, 6.45) is 0.595. The highest BCUT2D eigenvalue weighted by molar-refractivity contribution is 5.99. The van der Waals surface area contributed by atoms with Crippen molar-refractivity contribution >= 4 is 17.3 Å². The van der Waals surface area contributed by atoms with Gasteiger partial charge in [0.05, 0.1) is 30.2 Å². The summed E-state index contributed by atoms with van der Waals surface area (Å²) in [5.74, 6) is -4.08. The average molecular weight is 383 g/mol. The Bertz CT molecular complexity index is 803. The summed E-state index contributed by atoms with van der Waals surface area (Å²) in [7, 11) is 1.77. The molecule has 27 heavy (non-hydrogen) atoms. The number of anilines is 2. The lowest BCUT2D eigenvalue weighted by atomic mass is 10.1. The van der Waals surface area contributed by atoms with Gasteiger partial charge in [0, 0.05) is 0 Å². The number of hydroxylamine groups is 1. The zero-order valence-corrected chi connectivity index (χ0v) is 14.6. The predicted molar refractivity (Wildman–Crippen MR) is 94.2 cm³/mol. The first-order valence-electron chi connectivity index (χ1n) is 8.19. The van der Waals surface area contributed by atoms with E-state index in [1.54, 1.807) is 13.1 Å². The van der Waals surface area contributed by atoms with Crippen LogP contribution >= 0.6 is 0 Å². The highest BCUT2D eigenvalue weighted by atomic mass is 19.2. The standard InChI is InChI=1S/C18H20F3N3O3/c1-22-7-6-11-2-5-15(14(20)10-11)23-17-12(3-4-13(19)16(17)21)18(26)24-27-9-8-25/h2-5,10,22-23,25H,6-9H2,1H3,(H,24,26). The van der Waals surface area contributed by atoms with Crippen LogP contribution in [0.5, 0.6) is 0 Å². The second kappa shape index (κ2) is 9.91. The Hall–Kier alpha value is -2.62. The molecule has 0 fully saturated rings. The molecule has 0 aliphatic carbocycles. The molecular formula is C18H20F3N3O3. The molecule has 0 spiro atoms. The van der Waals surface area contributed by atoms with Gasteiger partial charge in [-0.3, -0.25) is 9.63 Å². The number of nitrogens with one attached hydrogen (secondary N) is 3. The van der Waals surface area contributed by atoms with Crippen molar-refractivity contribution in [3.05, 3.63) is 58.9 Å². The van der Waals surface area contributed by atoms with Gasteiger partial charge in [0.2, 0.25) is 0 Å². The summed E-state index contributed by atoms with van der Waals surface area (Å²) < 4.78 is 42.2. The molecule has 2 rings (SSSR count). The monoisotopic (exact) mass is 383 g/mol. The molecule has 0 heterocycles. The van der Waals surface area contributed by atoms with E-state index in [0.29, 0.717) is 13.0 Å². The summed E-state index contributed by atoms with van der Waals surface area (Å²) in [4.78, 5) is 16.8. The van der Waals surface area contributed by atoms with Crippen LogP contribution in [-0.2, 0) is 11.3 Å². The minimum Gasteiger partial charge on any atom is -0.394 e. The highest BCUT2D eigenvalue weighted by Gasteiger charge is 2.20. The highest BCUT2D eigenvalue weighted by Crippen LogP contribution is 2.28. The number of halogens is 3. The normalized spacial score (nSPS) is 10.7. The van der Waals surface area contributed by atoms with Crippen molar-refractivity contribution in [3.63, 3.8) is 0 Å². The van der Waals surface area contributed by atoms with Crippen LogP contribution in [0.2, 0.25) is 0 Å². The maximum Gasteiger partial charge on any atom is 0.277 e. The van der Waals surface area contributed by atoms with Crippen LogP contribution in [0, 0.1) is 17.5 Å². The first-order valence-corrected chi connectivity index (χ1v) is 8.19. The summed E-state index contributed by atoms with van der Waals surface area (Å²) in [6, 6.07) is 6.12. The maximum absolute atomic E-state index is 14.3. The molecule has 0 unspecified atom stereocenters. The largest absolute Gasteiger partial charge is 0.394 e. The molecule has 0 saturated carbocycles. The van der Waals surface area contributed by atoms with Gasteiger partial charge in [-0.1, -0.05) is 6.07 Å². The van der Waals surface area contributed by atoms with E-state index < -0.39 is 29.0 Å². The van der Waals surface area contributed by atoms with Gasteiger partial charge in [-0.15, -0.1) is 0 Å². The van der Waals surface area contributed by atoms with Crippen molar-refractivity contribution in [2.24, 2.45) is 0 Å². The number of carbonyl (C=O) groups is 1. The van der Waals surface area contributed by atoms with E-state index in [4.69, 9.17) is 5.11 Å². The first kappa shape index (κ1) is 20.7. The van der Waals surface area contributed by atoms with Gasteiger partial charge >= 0.3 is 0 Å². The Morgan fingerprint density at radius 1 is 1.15 bits per heavy atom. The van der Waals surface area contributed by atoms with Crippen molar-refractivity contribution < 1.29 is 27.9 Å². The van der Waals surface area contributed by atoms with Gasteiger partial charge in [-0.05, 0) is 49.8 Å². The van der Waals surface area contributed by atoms with Crippen LogP contribution in [0.3, 0.4) is 0 Å². The number of aliphatic hydroxyl groups is 1. The molecule has 0 atom stereocenters. The minimum absolute atomic E-state index is 0.113. The quantitative estimate of drug-likeness (QED) is 0.395. The van der Waals surface area contributed by atoms with Crippen LogP contribution in [0.1, 0.15) is 15.9 Å². The molecule has 4 N–H and O–H groups in total. The van der Waals surface area contributed by atoms with Crippen LogP contribution in [0.4, 0.5) is 24.5 Å². The van der Waals surface area contributed by atoms with Crippen molar-refractivity contribution in [1.82, 2.24) is 10.8 Å². The van der Waals surface area contributed by atoms with E-state index in [1.165, 1.54) is 12.1 Å². The zero-order chi connectivity index (χ0) is 19.8. The fraction of sp³-hybridized carbons (Fsp3) is 0.278. The van der Waals surface area contributed by atoms with Gasteiger partial charge in [0.1, 0.15) is 5.82 Å². The number of hydrogen-bond donors (Lipinski definition) is 4. The van der Waals surface area contributed by atoms with Crippen molar-refractivity contribution in [2.75, 3.05) is 32.1 Å². The molecule has 0 radical (unpaired) electrons. The lowest BCUT2D eigenvalue weighted by molar-refractivity contribution is 0.0168.